The highest BCUT2D eigenvalue weighted by molar-refractivity contribution is 5.89. The van der Waals surface area contributed by atoms with Crippen LogP contribution in [0.1, 0.15) is 43.5 Å². The Labute approximate surface area is 228 Å². The number of rotatable bonds is 9. The van der Waals surface area contributed by atoms with E-state index in [9.17, 15) is 9.59 Å². The number of carbonyl (C=O) groups excluding carboxylic acids is 2. The molecule has 204 valence electrons. The molecule has 1 N–H and O–H groups in total. The van der Waals surface area contributed by atoms with Crippen molar-refractivity contribution < 1.29 is 19.1 Å². The molecule has 0 radical (unpaired) electrons. The number of carbonyl (C=O) groups is 2. The van der Waals surface area contributed by atoms with Crippen molar-refractivity contribution >= 4 is 22.8 Å². The molecule has 0 fully saturated rings. The minimum atomic E-state index is -0.975. The second-order valence-electron chi connectivity index (χ2n) is 10.5. The molecule has 3 aromatic carbocycles. The van der Waals surface area contributed by atoms with Gasteiger partial charge in [-0.25, -0.2) is 4.68 Å². The lowest BCUT2D eigenvalue weighted by atomic mass is 10.00. The first kappa shape index (κ1) is 27.6. The zero-order valence-electron chi connectivity index (χ0n) is 23.3. The number of amides is 2. The fraction of sp³-hybridized carbons (Fsp3) is 0.333. The summed E-state index contributed by atoms with van der Waals surface area (Å²) in [5.74, 6) is 0.426. The molecule has 4 rings (SSSR count). The van der Waals surface area contributed by atoms with Crippen LogP contribution in [0.25, 0.3) is 11.0 Å². The number of aryl methyl sites for hydroxylation is 1. The number of hydrogen-bond acceptors (Lipinski definition) is 6. The maximum Gasteiger partial charge on any atom is 0.247 e. The van der Waals surface area contributed by atoms with Gasteiger partial charge in [-0.2, -0.15) is 0 Å². The molecule has 4 aromatic rings. The molecule has 0 aliphatic heterocycles. The summed E-state index contributed by atoms with van der Waals surface area (Å²) in [6.07, 6.45) is 0. The van der Waals surface area contributed by atoms with Crippen molar-refractivity contribution in [1.29, 1.82) is 0 Å². The molecular formula is C30H35N5O4. The van der Waals surface area contributed by atoms with E-state index in [-0.39, 0.29) is 24.9 Å². The molecular weight excluding hydrogens is 494 g/mol. The quantitative estimate of drug-likeness (QED) is 0.344. The maximum absolute atomic E-state index is 14.1. The van der Waals surface area contributed by atoms with Gasteiger partial charge in [-0.15, -0.1) is 5.10 Å². The largest absolute Gasteiger partial charge is 0.497 e. The zero-order valence-corrected chi connectivity index (χ0v) is 23.3. The van der Waals surface area contributed by atoms with Gasteiger partial charge >= 0.3 is 0 Å². The molecule has 0 saturated carbocycles. The van der Waals surface area contributed by atoms with Crippen molar-refractivity contribution in [3.8, 4) is 11.5 Å². The summed E-state index contributed by atoms with van der Waals surface area (Å²) in [5, 5.41) is 11.5. The zero-order chi connectivity index (χ0) is 28.2. The van der Waals surface area contributed by atoms with Crippen molar-refractivity contribution in [1.82, 2.24) is 25.2 Å². The number of methoxy groups -OCH3 is 2. The SMILES string of the molecule is COc1cc(OC)cc(C(C(=O)NC(C)(C)C)N(Cc2ccc(C)cc2)C(=O)Cn2nnc3ccccc32)c1. The van der Waals surface area contributed by atoms with E-state index in [2.05, 4.69) is 15.6 Å². The van der Waals surface area contributed by atoms with E-state index in [0.717, 1.165) is 16.6 Å². The molecule has 1 heterocycles. The van der Waals surface area contributed by atoms with Gasteiger partial charge in [-0.05, 0) is 63.1 Å². The van der Waals surface area contributed by atoms with Crippen LogP contribution in [0.3, 0.4) is 0 Å². The van der Waals surface area contributed by atoms with E-state index in [4.69, 9.17) is 9.47 Å². The molecule has 39 heavy (non-hydrogen) atoms. The average Bonchev–Trinajstić information content (AvgIpc) is 3.30. The smallest absolute Gasteiger partial charge is 0.247 e. The van der Waals surface area contributed by atoms with Crippen LogP contribution in [0.15, 0.2) is 66.7 Å². The number of ether oxygens (including phenoxy) is 2. The van der Waals surface area contributed by atoms with Crippen LogP contribution >= 0.6 is 0 Å². The first-order valence-corrected chi connectivity index (χ1v) is 12.8. The summed E-state index contributed by atoms with van der Waals surface area (Å²) in [4.78, 5) is 29.6. The number of benzene rings is 3. The van der Waals surface area contributed by atoms with Gasteiger partial charge in [0.15, 0.2) is 0 Å². The van der Waals surface area contributed by atoms with E-state index in [1.54, 1.807) is 42.0 Å². The summed E-state index contributed by atoms with van der Waals surface area (Å²) in [5.41, 5.74) is 3.46. The fourth-order valence-corrected chi connectivity index (χ4v) is 4.36. The number of nitrogens with zero attached hydrogens (tertiary/aromatic N) is 4. The van der Waals surface area contributed by atoms with Crippen LogP contribution in [0.2, 0.25) is 0 Å². The molecule has 1 unspecified atom stereocenters. The highest BCUT2D eigenvalue weighted by Crippen LogP contribution is 2.32. The third-order valence-electron chi connectivity index (χ3n) is 6.25. The minimum Gasteiger partial charge on any atom is -0.497 e. The molecule has 9 heteroatoms. The normalized spacial score (nSPS) is 12.2. The van der Waals surface area contributed by atoms with Gasteiger partial charge in [0.25, 0.3) is 0 Å². The lowest BCUT2D eigenvalue weighted by Gasteiger charge is -2.34. The highest BCUT2D eigenvalue weighted by atomic mass is 16.5. The lowest BCUT2D eigenvalue weighted by molar-refractivity contribution is -0.142. The Morgan fingerprint density at radius 3 is 2.23 bits per heavy atom. The number of hydrogen-bond donors (Lipinski definition) is 1. The lowest BCUT2D eigenvalue weighted by Crippen LogP contribution is -2.49. The van der Waals surface area contributed by atoms with Gasteiger partial charge in [0, 0.05) is 18.2 Å². The van der Waals surface area contributed by atoms with Crippen LogP contribution in [0.4, 0.5) is 0 Å². The number of aromatic nitrogens is 3. The van der Waals surface area contributed by atoms with Crippen molar-refractivity contribution in [2.24, 2.45) is 0 Å². The van der Waals surface area contributed by atoms with Gasteiger partial charge in [-0.1, -0.05) is 47.2 Å². The van der Waals surface area contributed by atoms with E-state index in [0.29, 0.717) is 22.6 Å². The van der Waals surface area contributed by atoms with Crippen molar-refractivity contribution in [3.63, 3.8) is 0 Å². The Balaban J connectivity index is 1.82. The minimum absolute atomic E-state index is 0.0905. The molecule has 1 atom stereocenters. The molecule has 0 bridgehead atoms. The summed E-state index contributed by atoms with van der Waals surface area (Å²) < 4.78 is 12.6. The Hall–Kier alpha value is -4.40. The summed E-state index contributed by atoms with van der Waals surface area (Å²) in [6, 6.07) is 19.6. The second kappa shape index (κ2) is 11.6. The van der Waals surface area contributed by atoms with Crippen LogP contribution in [0.5, 0.6) is 11.5 Å². The van der Waals surface area contributed by atoms with Gasteiger partial charge in [-0.3, -0.25) is 9.59 Å². The van der Waals surface area contributed by atoms with Crippen LogP contribution in [-0.4, -0.2) is 51.5 Å². The Bertz CT molecular complexity index is 1430. The van der Waals surface area contributed by atoms with Crippen molar-refractivity contribution in [3.05, 3.63) is 83.4 Å². The Kier molecular flexibility index (Phi) is 8.18. The average molecular weight is 530 g/mol. The molecule has 9 nitrogen and oxygen atoms in total. The predicted molar refractivity (Wildman–Crippen MR) is 149 cm³/mol. The number of nitrogens with one attached hydrogen (secondary N) is 1. The topological polar surface area (TPSA) is 98.6 Å². The van der Waals surface area contributed by atoms with Crippen LogP contribution in [-0.2, 0) is 22.7 Å². The van der Waals surface area contributed by atoms with Gasteiger partial charge in [0.2, 0.25) is 11.8 Å². The fourth-order valence-electron chi connectivity index (χ4n) is 4.36. The van der Waals surface area contributed by atoms with Gasteiger partial charge < -0.3 is 19.7 Å². The Morgan fingerprint density at radius 1 is 0.974 bits per heavy atom. The first-order chi connectivity index (χ1) is 18.6. The number of para-hydroxylation sites is 1. The van der Waals surface area contributed by atoms with Gasteiger partial charge in [0.05, 0.1) is 19.7 Å². The standard InChI is InChI=1S/C30H35N5O4/c1-20-11-13-21(14-12-20)18-34(27(36)19-35-26-10-8-7-9-25(26)32-33-35)28(29(37)31-30(2,3)4)22-15-23(38-5)17-24(16-22)39-6/h7-17,28H,18-19H2,1-6H3,(H,31,37). The molecule has 1 aromatic heterocycles. The van der Waals surface area contributed by atoms with Crippen LogP contribution in [0, 0.1) is 6.92 Å². The summed E-state index contributed by atoms with van der Waals surface area (Å²) >= 11 is 0. The summed E-state index contributed by atoms with van der Waals surface area (Å²) in [7, 11) is 3.10. The Morgan fingerprint density at radius 2 is 1.62 bits per heavy atom. The molecule has 0 aliphatic carbocycles. The molecule has 0 spiro atoms. The van der Waals surface area contributed by atoms with Crippen LogP contribution < -0.4 is 14.8 Å². The molecule has 0 aliphatic rings. The third kappa shape index (κ3) is 6.73. The first-order valence-electron chi connectivity index (χ1n) is 12.8. The second-order valence-corrected chi connectivity index (χ2v) is 10.5. The van der Waals surface area contributed by atoms with Crippen molar-refractivity contribution in [2.45, 2.75) is 52.4 Å². The third-order valence-corrected chi connectivity index (χ3v) is 6.25. The predicted octanol–water partition coefficient (Wildman–Crippen LogP) is 4.44. The maximum atomic E-state index is 14.1. The van der Waals surface area contributed by atoms with Crippen molar-refractivity contribution in [2.75, 3.05) is 14.2 Å². The number of fused-ring (bicyclic) bond motifs is 1. The monoisotopic (exact) mass is 529 g/mol. The summed E-state index contributed by atoms with van der Waals surface area (Å²) in [6.45, 7) is 7.83. The molecule has 0 saturated heterocycles. The molecule has 2 amide bonds. The van der Waals surface area contributed by atoms with E-state index >= 15 is 0 Å². The van der Waals surface area contributed by atoms with Gasteiger partial charge in [0.1, 0.15) is 29.6 Å². The highest BCUT2D eigenvalue weighted by Gasteiger charge is 2.34. The van der Waals surface area contributed by atoms with E-state index in [1.165, 1.54) is 0 Å². The van der Waals surface area contributed by atoms with E-state index < -0.39 is 11.6 Å². The van der Waals surface area contributed by atoms with E-state index in [1.807, 2.05) is 76.2 Å².